The Labute approximate surface area is 167 Å². The first-order valence-corrected chi connectivity index (χ1v) is 9.26. The molecule has 2 N–H and O–H groups in total. The molecule has 29 heavy (non-hydrogen) atoms. The highest BCUT2D eigenvalue weighted by Gasteiger charge is 2.51. The number of amides is 4. The van der Waals surface area contributed by atoms with Crippen molar-refractivity contribution < 1.29 is 23.2 Å². The van der Waals surface area contributed by atoms with Crippen LogP contribution in [0.25, 0.3) is 0 Å². The minimum absolute atomic E-state index is 0.0465. The molecule has 2 aromatic heterocycles. The van der Waals surface area contributed by atoms with Crippen molar-refractivity contribution in [1.82, 2.24) is 20.4 Å². The number of benzene rings is 1. The zero-order chi connectivity index (χ0) is 20.6. The second-order valence-corrected chi connectivity index (χ2v) is 7.45. The molecular weight excluding hydrogens is 401 g/mol. The van der Waals surface area contributed by atoms with Crippen LogP contribution >= 0.6 is 11.3 Å². The molecule has 1 aliphatic rings. The quantitative estimate of drug-likeness (QED) is 0.618. The Bertz CT molecular complexity index is 1080. The van der Waals surface area contributed by atoms with Crippen molar-refractivity contribution >= 4 is 34.9 Å². The average Bonchev–Trinajstić information content (AvgIpc) is 3.42. The summed E-state index contributed by atoms with van der Waals surface area (Å²) in [4.78, 5) is 38.3. The molecule has 0 aliphatic carbocycles. The molecule has 4 amide bonds. The Morgan fingerprint density at radius 3 is 2.72 bits per heavy atom. The van der Waals surface area contributed by atoms with Crippen molar-refractivity contribution in [3.63, 3.8) is 0 Å². The maximum Gasteiger partial charge on any atom is 0.325 e. The van der Waals surface area contributed by atoms with Gasteiger partial charge < -0.3 is 15.1 Å². The van der Waals surface area contributed by atoms with Crippen molar-refractivity contribution in [3.8, 4) is 0 Å². The van der Waals surface area contributed by atoms with Gasteiger partial charge in [-0.2, -0.15) is 0 Å². The van der Waals surface area contributed by atoms with E-state index in [2.05, 4.69) is 20.8 Å². The minimum Gasteiger partial charge on any atom is -0.466 e. The van der Waals surface area contributed by atoms with Gasteiger partial charge in [-0.05, 0) is 43.3 Å². The topological polar surface area (TPSA) is 117 Å². The minimum atomic E-state index is -1.31. The zero-order valence-electron chi connectivity index (χ0n) is 15.0. The standard InChI is InChI=1S/C18H14FN5O4S/c1-18(12-3-2-8-28-12)16(26)24(17(27)21-18)9-13-22-23-15(29-13)14(25)20-11-6-4-10(19)5-7-11/h2-8H,9H2,1H3,(H,20,25)(H,21,27). The Morgan fingerprint density at radius 1 is 1.28 bits per heavy atom. The molecule has 1 aromatic carbocycles. The van der Waals surface area contributed by atoms with Crippen molar-refractivity contribution in [2.45, 2.75) is 19.0 Å². The van der Waals surface area contributed by atoms with E-state index in [1.54, 1.807) is 19.1 Å². The Hall–Kier alpha value is -3.60. The molecule has 1 fully saturated rings. The third-order valence-electron chi connectivity index (χ3n) is 4.35. The van der Waals surface area contributed by atoms with Crippen LogP contribution in [0.2, 0.25) is 0 Å². The van der Waals surface area contributed by atoms with Crippen LogP contribution in [0.3, 0.4) is 0 Å². The van der Waals surface area contributed by atoms with Gasteiger partial charge in [0.15, 0.2) is 5.54 Å². The molecule has 0 spiro atoms. The largest absolute Gasteiger partial charge is 0.466 e. The number of nitrogens with zero attached hydrogens (tertiary/aromatic N) is 3. The highest BCUT2D eigenvalue weighted by molar-refractivity contribution is 7.13. The van der Waals surface area contributed by atoms with Gasteiger partial charge in [0.25, 0.3) is 11.8 Å². The third kappa shape index (κ3) is 3.47. The molecule has 11 heteroatoms. The molecule has 3 heterocycles. The van der Waals surface area contributed by atoms with Crippen LogP contribution in [0.1, 0.15) is 27.5 Å². The lowest BCUT2D eigenvalue weighted by molar-refractivity contribution is -0.132. The van der Waals surface area contributed by atoms with E-state index in [1.165, 1.54) is 30.5 Å². The Kier molecular flexibility index (Phi) is 4.59. The molecule has 0 radical (unpaired) electrons. The summed E-state index contributed by atoms with van der Waals surface area (Å²) < 4.78 is 18.2. The van der Waals surface area contributed by atoms with E-state index >= 15 is 0 Å². The zero-order valence-corrected chi connectivity index (χ0v) is 15.8. The van der Waals surface area contributed by atoms with Crippen LogP contribution in [0.4, 0.5) is 14.9 Å². The highest BCUT2D eigenvalue weighted by Crippen LogP contribution is 2.30. The van der Waals surface area contributed by atoms with E-state index in [9.17, 15) is 18.8 Å². The summed E-state index contributed by atoms with van der Waals surface area (Å²) in [6.45, 7) is 1.41. The van der Waals surface area contributed by atoms with Crippen molar-refractivity contribution in [2.24, 2.45) is 0 Å². The van der Waals surface area contributed by atoms with Crippen molar-refractivity contribution in [1.29, 1.82) is 0 Å². The van der Waals surface area contributed by atoms with E-state index < -0.39 is 29.2 Å². The first-order valence-electron chi connectivity index (χ1n) is 8.44. The molecular formula is C18H14FN5O4S. The van der Waals surface area contributed by atoms with E-state index in [4.69, 9.17) is 4.42 Å². The van der Waals surface area contributed by atoms with Crippen LogP contribution in [-0.2, 0) is 16.9 Å². The van der Waals surface area contributed by atoms with Crippen LogP contribution in [-0.4, -0.2) is 32.9 Å². The molecule has 1 atom stereocenters. The molecule has 3 aromatic rings. The van der Waals surface area contributed by atoms with Crippen LogP contribution in [0, 0.1) is 5.82 Å². The van der Waals surface area contributed by atoms with Gasteiger partial charge in [-0.15, -0.1) is 10.2 Å². The number of furan rings is 1. The highest BCUT2D eigenvalue weighted by atomic mass is 32.1. The number of nitrogens with one attached hydrogen (secondary N) is 2. The van der Waals surface area contributed by atoms with Crippen LogP contribution in [0.15, 0.2) is 47.1 Å². The molecule has 0 saturated carbocycles. The van der Waals surface area contributed by atoms with Crippen LogP contribution in [0.5, 0.6) is 0 Å². The maximum absolute atomic E-state index is 12.9. The van der Waals surface area contributed by atoms with E-state index in [1.807, 2.05) is 0 Å². The van der Waals surface area contributed by atoms with Gasteiger partial charge in [0, 0.05) is 5.69 Å². The summed E-state index contributed by atoms with van der Waals surface area (Å²) in [6, 6.07) is 7.89. The predicted molar refractivity (Wildman–Crippen MR) is 99.4 cm³/mol. The van der Waals surface area contributed by atoms with Crippen LogP contribution < -0.4 is 10.6 Å². The van der Waals surface area contributed by atoms with Gasteiger partial charge in [-0.1, -0.05) is 11.3 Å². The number of carbonyl (C=O) groups excluding carboxylic acids is 3. The van der Waals surface area contributed by atoms with Gasteiger partial charge in [-0.25, -0.2) is 9.18 Å². The lowest BCUT2D eigenvalue weighted by Crippen LogP contribution is -2.40. The number of carbonyl (C=O) groups is 3. The fourth-order valence-electron chi connectivity index (χ4n) is 2.83. The summed E-state index contributed by atoms with van der Waals surface area (Å²) in [7, 11) is 0. The Morgan fingerprint density at radius 2 is 2.03 bits per heavy atom. The maximum atomic E-state index is 12.9. The number of hydrogen-bond acceptors (Lipinski definition) is 7. The number of anilines is 1. The second kappa shape index (κ2) is 7.09. The number of halogens is 1. The summed E-state index contributed by atoms with van der Waals surface area (Å²) in [5.41, 5.74) is -0.912. The lowest BCUT2D eigenvalue weighted by atomic mass is 9.99. The molecule has 1 saturated heterocycles. The summed E-state index contributed by atoms with van der Waals surface area (Å²) >= 11 is 0.946. The monoisotopic (exact) mass is 415 g/mol. The van der Waals surface area contributed by atoms with Crippen molar-refractivity contribution in [3.05, 3.63) is 64.3 Å². The molecule has 1 aliphatic heterocycles. The average molecular weight is 415 g/mol. The van der Waals surface area contributed by atoms with Gasteiger partial charge >= 0.3 is 6.03 Å². The molecule has 4 rings (SSSR count). The summed E-state index contributed by atoms with van der Waals surface area (Å²) in [5.74, 6) is -1.13. The first-order chi connectivity index (χ1) is 13.9. The van der Waals surface area contributed by atoms with Crippen molar-refractivity contribution in [2.75, 3.05) is 5.32 Å². The molecule has 9 nitrogen and oxygen atoms in total. The summed E-state index contributed by atoms with van der Waals surface area (Å²) in [5, 5.41) is 13.2. The number of rotatable bonds is 5. The third-order valence-corrected chi connectivity index (χ3v) is 5.25. The van der Waals surface area contributed by atoms with Gasteiger partial charge in [-0.3, -0.25) is 14.5 Å². The number of hydrogen-bond donors (Lipinski definition) is 2. The van der Waals surface area contributed by atoms with Gasteiger partial charge in [0.05, 0.1) is 12.8 Å². The second-order valence-electron chi connectivity index (χ2n) is 6.39. The van der Waals surface area contributed by atoms with Gasteiger partial charge in [0.1, 0.15) is 16.6 Å². The number of urea groups is 1. The lowest BCUT2D eigenvalue weighted by Gasteiger charge is -2.18. The molecule has 1 unspecified atom stereocenters. The number of aromatic nitrogens is 2. The van der Waals surface area contributed by atoms with E-state index in [0.29, 0.717) is 16.5 Å². The van der Waals surface area contributed by atoms with E-state index in [0.717, 1.165) is 16.2 Å². The fourth-order valence-corrected chi connectivity index (χ4v) is 3.56. The Balaban J connectivity index is 1.46. The smallest absolute Gasteiger partial charge is 0.325 e. The van der Waals surface area contributed by atoms with E-state index in [-0.39, 0.29) is 11.6 Å². The summed E-state index contributed by atoms with van der Waals surface area (Å²) in [6.07, 6.45) is 1.42. The molecule has 0 bridgehead atoms. The van der Waals surface area contributed by atoms with Gasteiger partial charge in [0.2, 0.25) is 5.01 Å². The normalized spacial score (nSPS) is 18.8. The SMILES string of the molecule is CC1(c2ccco2)NC(=O)N(Cc2nnc(C(=O)Nc3ccc(F)cc3)s2)C1=O. The molecule has 148 valence electrons. The fraction of sp³-hybridized carbons (Fsp3) is 0.167. The first kappa shape index (κ1) is 18.7. The number of imide groups is 1. The predicted octanol–water partition coefficient (Wildman–Crippen LogP) is 2.49.